The van der Waals surface area contributed by atoms with E-state index in [2.05, 4.69) is 13.8 Å². The van der Waals surface area contributed by atoms with Gasteiger partial charge in [-0.1, -0.05) is 47.5 Å². The van der Waals surface area contributed by atoms with Gasteiger partial charge in [-0.2, -0.15) is 49.2 Å². The summed E-state index contributed by atoms with van der Waals surface area (Å²) in [7, 11) is 0. The summed E-state index contributed by atoms with van der Waals surface area (Å²) in [5, 5.41) is 18.7. The summed E-state index contributed by atoms with van der Waals surface area (Å²) in [6.45, 7) is 19.1. The van der Waals surface area contributed by atoms with Crippen LogP contribution in [0.15, 0.2) is 84.9 Å². The molecule has 0 aliphatic rings. The average molecular weight is 503 g/mol. The second kappa shape index (κ2) is 16.5. The van der Waals surface area contributed by atoms with Crippen molar-refractivity contribution >= 4 is 0 Å². The van der Waals surface area contributed by atoms with Gasteiger partial charge in [-0.05, 0) is 63.8 Å². The van der Waals surface area contributed by atoms with Crippen LogP contribution >= 0.6 is 0 Å². The molecule has 0 amide bonds. The molecule has 4 rings (SSSR count). The first-order valence-corrected chi connectivity index (χ1v) is 11.3. The molecule has 0 bridgehead atoms. The molecule has 4 aromatic carbocycles. The van der Waals surface area contributed by atoms with Gasteiger partial charge in [0.1, 0.15) is 11.5 Å². The summed E-state index contributed by atoms with van der Waals surface area (Å²) < 4.78 is 0. The maximum atomic E-state index is 9.33. The van der Waals surface area contributed by atoms with Crippen LogP contribution in [0, 0.1) is 55.4 Å². The Hall–Kier alpha value is -3.07. The molecule has 0 aliphatic heterocycles. The van der Waals surface area contributed by atoms with E-state index in [9.17, 15) is 10.2 Å². The molecule has 0 radical (unpaired) electrons. The van der Waals surface area contributed by atoms with Gasteiger partial charge in [0.05, 0.1) is 0 Å². The van der Waals surface area contributed by atoms with Crippen LogP contribution in [0.25, 0.3) is 0 Å². The maximum Gasteiger partial charge on any atom is 2.00 e. The predicted octanol–water partition coefficient (Wildman–Crippen LogP) is 8.37. The van der Waals surface area contributed by atoms with Crippen molar-refractivity contribution < 1.29 is 31.9 Å². The summed E-state index contributed by atoms with van der Waals surface area (Å²) in [6.07, 6.45) is 0. The van der Waals surface area contributed by atoms with Crippen LogP contribution in [0.5, 0.6) is 11.5 Å². The minimum absolute atomic E-state index is 0. The second-order valence-electron chi connectivity index (χ2n) is 8.47. The van der Waals surface area contributed by atoms with Crippen LogP contribution in [0.2, 0.25) is 0 Å². The van der Waals surface area contributed by atoms with Gasteiger partial charge >= 0.3 is 21.7 Å². The number of phenolic OH excluding ortho intramolecular Hbond substituents is 2. The van der Waals surface area contributed by atoms with Crippen molar-refractivity contribution in [2.75, 3.05) is 0 Å². The number of benzene rings is 4. The molecular weight excluding hydrogens is 464 g/mol. The van der Waals surface area contributed by atoms with Crippen molar-refractivity contribution in [3.63, 3.8) is 0 Å². The molecule has 0 saturated heterocycles. The van der Waals surface area contributed by atoms with Crippen molar-refractivity contribution in [1.82, 2.24) is 0 Å². The van der Waals surface area contributed by atoms with E-state index >= 15 is 0 Å². The number of hydrogen-bond acceptors (Lipinski definition) is 2. The number of aryl methyl sites for hydroxylation is 6. The molecule has 2 N–H and O–H groups in total. The molecule has 0 aliphatic carbocycles. The van der Waals surface area contributed by atoms with Crippen molar-refractivity contribution in [3.8, 4) is 11.5 Å². The summed E-state index contributed by atoms with van der Waals surface area (Å²) >= 11 is 0. The molecule has 35 heavy (non-hydrogen) atoms. The number of aromatic hydroxyl groups is 2. The Morgan fingerprint density at radius 2 is 0.686 bits per heavy atom. The molecule has 0 spiro atoms. The van der Waals surface area contributed by atoms with Crippen molar-refractivity contribution in [2.45, 2.75) is 41.5 Å². The summed E-state index contributed by atoms with van der Waals surface area (Å²) in [4.78, 5) is 0. The topological polar surface area (TPSA) is 40.5 Å². The van der Waals surface area contributed by atoms with E-state index in [0.29, 0.717) is 11.5 Å². The van der Waals surface area contributed by atoms with Gasteiger partial charge in [-0.15, -0.1) is 24.3 Å². The summed E-state index contributed by atoms with van der Waals surface area (Å²) in [5.41, 5.74) is 8.37. The third-order valence-corrected chi connectivity index (χ3v) is 4.96. The van der Waals surface area contributed by atoms with Crippen LogP contribution in [-0.2, 0) is 21.7 Å². The quantitative estimate of drug-likeness (QED) is 0.187. The molecule has 182 valence electrons. The van der Waals surface area contributed by atoms with Crippen molar-refractivity contribution in [2.24, 2.45) is 0 Å². The van der Waals surface area contributed by atoms with E-state index < -0.39 is 0 Å². The minimum atomic E-state index is 0. The van der Waals surface area contributed by atoms with Gasteiger partial charge in [-0.25, -0.2) is 0 Å². The Bertz CT molecular complexity index is 998. The van der Waals surface area contributed by atoms with Crippen LogP contribution in [0.1, 0.15) is 44.5 Å². The van der Waals surface area contributed by atoms with Gasteiger partial charge in [0.15, 0.2) is 0 Å². The van der Waals surface area contributed by atoms with E-state index in [4.69, 9.17) is 0 Å². The van der Waals surface area contributed by atoms with E-state index in [-0.39, 0.29) is 21.7 Å². The van der Waals surface area contributed by atoms with Gasteiger partial charge in [0.25, 0.3) is 0 Å². The number of rotatable bonds is 0. The standard InChI is InChI=1S/2C9H12O.2C7H7.Ti/c2*1-6-4-7(2)9(10)8(3)5-6;2*1-7-5-3-2-4-6-7;/h2*4-5,10H,1-3H3;2*2-6H,1H2;/q;;2*-1;+2. The molecule has 0 fully saturated rings. The van der Waals surface area contributed by atoms with Crippen LogP contribution in [0.3, 0.4) is 0 Å². The van der Waals surface area contributed by atoms with E-state index in [1.807, 2.05) is 126 Å². The zero-order valence-corrected chi connectivity index (χ0v) is 23.5. The van der Waals surface area contributed by atoms with E-state index in [1.54, 1.807) is 0 Å². The van der Waals surface area contributed by atoms with Gasteiger partial charge in [-0.3, -0.25) is 0 Å². The van der Waals surface area contributed by atoms with Crippen LogP contribution in [-0.4, -0.2) is 10.2 Å². The Balaban J connectivity index is 0.000000442. The third kappa shape index (κ3) is 12.8. The zero-order chi connectivity index (χ0) is 25.7. The fourth-order valence-corrected chi connectivity index (χ4v) is 3.30. The van der Waals surface area contributed by atoms with E-state index in [1.165, 1.54) is 11.1 Å². The van der Waals surface area contributed by atoms with Gasteiger partial charge in [0.2, 0.25) is 0 Å². The van der Waals surface area contributed by atoms with Crippen LogP contribution in [0.4, 0.5) is 0 Å². The number of hydrogen-bond donors (Lipinski definition) is 2. The fraction of sp³-hybridized carbons (Fsp3) is 0.188. The second-order valence-corrected chi connectivity index (χ2v) is 8.47. The molecule has 0 aromatic heterocycles. The molecular formula is C32H38O2Ti. The monoisotopic (exact) mass is 502 g/mol. The normalized spacial score (nSPS) is 9.09. The summed E-state index contributed by atoms with van der Waals surface area (Å²) in [6, 6.07) is 27.6. The first-order valence-electron chi connectivity index (χ1n) is 11.3. The Kier molecular flexibility index (Phi) is 15.1. The molecule has 4 aromatic rings. The molecule has 3 heteroatoms. The number of phenols is 2. The van der Waals surface area contributed by atoms with E-state index in [0.717, 1.165) is 33.4 Å². The molecule has 0 atom stereocenters. The Morgan fingerprint density at radius 3 is 0.857 bits per heavy atom. The van der Waals surface area contributed by atoms with Crippen molar-refractivity contribution in [1.29, 1.82) is 0 Å². The molecule has 0 unspecified atom stereocenters. The maximum absolute atomic E-state index is 9.33. The minimum Gasteiger partial charge on any atom is -0.507 e. The van der Waals surface area contributed by atoms with Gasteiger partial charge in [0, 0.05) is 0 Å². The zero-order valence-electron chi connectivity index (χ0n) is 21.9. The van der Waals surface area contributed by atoms with Crippen LogP contribution < -0.4 is 0 Å². The fourth-order valence-electron chi connectivity index (χ4n) is 3.30. The van der Waals surface area contributed by atoms with Gasteiger partial charge < -0.3 is 10.2 Å². The smallest absolute Gasteiger partial charge is 0.507 e. The molecule has 0 saturated carbocycles. The Morgan fingerprint density at radius 1 is 0.457 bits per heavy atom. The molecule has 2 nitrogen and oxygen atoms in total. The SMILES string of the molecule is Cc1cc(C)c(O)c(C)c1.Cc1cc(C)c(O)c(C)c1.[CH2-]c1ccccc1.[CH2-]c1ccccc1.[Ti+2]. The summed E-state index contributed by atoms with van der Waals surface area (Å²) in [5.74, 6) is 0.844. The van der Waals surface area contributed by atoms with Crippen molar-refractivity contribution in [3.05, 3.63) is 143 Å². The Labute approximate surface area is 227 Å². The molecule has 0 heterocycles. The first-order chi connectivity index (χ1) is 16.0. The average Bonchev–Trinajstić information content (AvgIpc) is 2.78. The predicted molar refractivity (Wildman–Crippen MR) is 146 cm³/mol. The first kappa shape index (κ1) is 31.9. The third-order valence-electron chi connectivity index (χ3n) is 4.96. The largest absolute Gasteiger partial charge is 2.00 e.